The summed E-state index contributed by atoms with van der Waals surface area (Å²) in [6.07, 6.45) is 4.06. The number of hydrogen-bond acceptors (Lipinski definition) is 6. The molecule has 4 N–H and O–H groups in total. The van der Waals surface area contributed by atoms with Gasteiger partial charge in [-0.05, 0) is 25.5 Å². The van der Waals surface area contributed by atoms with Crippen molar-refractivity contribution in [3.05, 3.63) is 36.0 Å². The lowest BCUT2D eigenvalue weighted by atomic mass is 9.69. The van der Waals surface area contributed by atoms with Crippen LogP contribution in [-0.4, -0.2) is 55.9 Å². The Labute approximate surface area is 122 Å². The molecular weight excluding hydrogens is 276 g/mol. The third-order valence-electron chi connectivity index (χ3n) is 4.00. The topological polar surface area (TPSA) is 107 Å². The van der Waals surface area contributed by atoms with E-state index >= 15 is 0 Å². The fourth-order valence-corrected chi connectivity index (χ4v) is 2.62. The van der Waals surface area contributed by atoms with Gasteiger partial charge in [-0.2, -0.15) is 0 Å². The van der Waals surface area contributed by atoms with E-state index in [1.54, 1.807) is 18.2 Å². The highest BCUT2D eigenvalue weighted by Crippen LogP contribution is 2.42. The molecule has 116 valence electrons. The molecule has 2 aliphatic rings. The quantitative estimate of drug-likeness (QED) is 0.516. The molecule has 0 aromatic heterocycles. The van der Waals surface area contributed by atoms with Crippen molar-refractivity contribution >= 4 is 5.78 Å². The number of hydrogen-bond donors (Lipinski definition) is 4. The molecule has 2 rings (SSSR count). The molecule has 1 fully saturated rings. The van der Waals surface area contributed by atoms with Crippen molar-refractivity contribution in [2.45, 2.75) is 50.0 Å². The van der Waals surface area contributed by atoms with Gasteiger partial charge in [0.05, 0.1) is 6.10 Å². The van der Waals surface area contributed by atoms with Crippen molar-refractivity contribution in [1.29, 1.82) is 0 Å². The number of ketones is 1. The highest BCUT2D eigenvalue weighted by molar-refractivity contribution is 5.99. The van der Waals surface area contributed by atoms with Crippen molar-refractivity contribution < 1.29 is 30.0 Å². The van der Waals surface area contributed by atoms with Crippen LogP contribution in [0.2, 0.25) is 0 Å². The number of rotatable bonds is 2. The molecule has 0 saturated carbocycles. The molecule has 6 nitrogen and oxygen atoms in total. The Morgan fingerprint density at radius 3 is 2.62 bits per heavy atom. The molecule has 21 heavy (non-hydrogen) atoms. The summed E-state index contributed by atoms with van der Waals surface area (Å²) >= 11 is 0. The molecule has 6 heteroatoms. The Morgan fingerprint density at radius 1 is 1.33 bits per heavy atom. The molecule has 5 unspecified atom stereocenters. The Bertz CT molecular complexity index is 518. The smallest absolute Gasteiger partial charge is 0.191 e. The lowest BCUT2D eigenvalue weighted by Gasteiger charge is -2.49. The predicted octanol–water partition coefficient (Wildman–Crippen LogP) is -0.422. The lowest BCUT2D eigenvalue weighted by Crippen LogP contribution is -2.69. The number of ether oxygens (including phenoxy) is 1. The van der Waals surface area contributed by atoms with Crippen LogP contribution in [0.15, 0.2) is 36.0 Å². The van der Waals surface area contributed by atoms with E-state index in [4.69, 9.17) is 4.74 Å². The van der Waals surface area contributed by atoms with E-state index in [0.29, 0.717) is 0 Å². The molecule has 0 radical (unpaired) electrons. The van der Waals surface area contributed by atoms with Crippen LogP contribution in [-0.2, 0) is 9.53 Å². The normalized spacial score (nSPS) is 44.2. The van der Waals surface area contributed by atoms with Crippen LogP contribution in [0.3, 0.4) is 0 Å². The predicted molar refractivity (Wildman–Crippen MR) is 74.1 cm³/mol. The van der Waals surface area contributed by atoms with Gasteiger partial charge in [-0.1, -0.05) is 24.3 Å². The van der Waals surface area contributed by atoms with Gasteiger partial charge in [0, 0.05) is 6.42 Å². The minimum atomic E-state index is -2.19. The van der Waals surface area contributed by atoms with E-state index in [1.807, 2.05) is 13.0 Å². The molecule has 0 spiro atoms. The molecule has 5 atom stereocenters. The van der Waals surface area contributed by atoms with E-state index in [0.717, 1.165) is 13.0 Å². The van der Waals surface area contributed by atoms with Crippen LogP contribution in [0.25, 0.3) is 0 Å². The highest BCUT2D eigenvalue weighted by Gasteiger charge is 2.61. The van der Waals surface area contributed by atoms with E-state index in [9.17, 15) is 25.2 Å². The standard InChI is InChI=1S/C15H20O6/c1-3-4-5-6-10-7-9-8-11(16)14(2,19)12(17)15(9,20)13(18)21-10/h3-6,8,10,12-13,17-20H,7H2,1-2H3. The highest BCUT2D eigenvalue weighted by atomic mass is 16.6. The molecule has 1 aliphatic carbocycles. The van der Waals surface area contributed by atoms with Crippen molar-refractivity contribution in [3.8, 4) is 0 Å². The Kier molecular flexibility index (Phi) is 4.19. The number of fused-ring (bicyclic) bond motifs is 1. The summed E-state index contributed by atoms with van der Waals surface area (Å²) in [5.74, 6) is -0.708. The molecule has 0 bridgehead atoms. The Morgan fingerprint density at radius 2 is 2.00 bits per heavy atom. The van der Waals surface area contributed by atoms with Crippen molar-refractivity contribution in [1.82, 2.24) is 0 Å². The third kappa shape index (κ3) is 2.49. The van der Waals surface area contributed by atoms with Gasteiger partial charge in [0.25, 0.3) is 0 Å². The van der Waals surface area contributed by atoms with Crippen molar-refractivity contribution in [2.75, 3.05) is 0 Å². The summed E-state index contributed by atoms with van der Waals surface area (Å²) in [6, 6.07) is 0. The second-order valence-electron chi connectivity index (χ2n) is 5.55. The van der Waals surface area contributed by atoms with Crippen LogP contribution >= 0.6 is 0 Å². The van der Waals surface area contributed by atoms with Crippen LogP contribution < -0.4 is 0 Å². The zero-order chi connectivity index (χ0) is 15.8. The number of allylic oxidation sites excluding steroid dienone is 3. The van der Waals surface area contributed by atoms with Gasteiger partial charge in [0.2, 0.25) is 0 Å². The first-order valence-corrected chi connectivity index (χ1v) is 6.76. The second kappa shape index (κ2) is 5.47. The van der Waals surface area contributed by atoms with Gasteiger partial charge >= 0.3 is 0 Å². The maximum atomic E-state index is 11.8. The maximum absolute atomic E-state index is 11.8. The first-order valence-electron chi connectivity index (χ1n) is 6.76. The zero-order valence-electron chi connectivity index (χ0n) is 11.9. The summed E-state index contributed by atoms with van der Waals surface area (Å²) in [6.45, 7) is 2.94. The fourth-order valence-electron chi connectivity index (χ4n) is 2.62. The first-order chi connectivity index (χ1) is 9.74. The maximum Gasteiger partial charge on any atom is 0.191 e. The number of carbonyl (C=O) groups excluding carboxylic acids is 1. The fraction of sp³-hybridized carbons (Fsp3) is 0.533. The molecule has 0 aromatic carbocycles. The molecule has 1 heterocycles. The summed E-state index contributed by atoms with van der Waals surface area (Å²) in [5, 5.41) is 40.6. The summed E-state index contributed by atoms with van der Waals surface area (Å²) < 4.78 is 5.27. The molecular formula is C15H20O6. The third-order valence-corrected chi connectivity index (χ3v) is 4.00. The summed E-state index contributed by atoms with van der Waals surface area (Å²) in [7, 11) is 0. The lowest BCUT2D eigenvalue weighted by molar-refractivity contribution is -0.279. The van der Waals surface area contributed by atoms with E-state index in [-0.39, 0.29) is 12.0 Å². The van der Waals surface area contributed by atoms with Gasteiger partial charge in [0.1, 0.15) is 6.10 Å². The molecule has 0 aromatic rings. The van der Waals surface area contributed by atoms with E-state index in [2.05, 4.69) is 0 Å². The minimum Gasteiger partial charge on any atom is -0.386 e. The SMILES string of the molecule is CC=CC=CC1CC2=CC(=O)C(C)(O)C(O)C2(O)C(O)O1. The van der Waals surface area contributed by atoms with E-state index < -0.39 is 35.5 Å². The zero-order valence-corrected chi connectivity index (χ0v) is 11.9. The summed E-state index contributed by atoms with van der Waals surface area (Å²) in [4.78, 5) is 11.8. The average molecular weight is 296 g/mol. The van der Waals surface area contributed by atoms with Gasteiger partial charge in [-0.3, -0.25) is 4.79 Å². The molecule has 1 aliphatic heterocycles. The van der Waals surface area contributed by atoms with Crippen molar-refractivity contribution in [3.63, 3.8) is 0 Å². The largest absolute Gasteiger partial charge is 0.386 e. The number of aliphatic hydroxyl groups is 4. The van der Waals surface area contributed by atoms with Gasteiger partial charge in [-0.15, -0.1) is 0 Å². The van der Waals surface area contributed by atoms with Crippen LogP contribution in [0.5, 0.6) is 0 Å². The molecule has 0 amide bonds. The summed E-state index contributed by atoms with van der Waals surface area (Å²) in [5.41, 5.74) is -4.21. The Balaban J connectivity index is 2.35. The Hall–Kier alpha value is -1.31. The van der Waals surface area contributed by atoms with Gasteiger partial charge < -0.3 is 25.2 Å². The van der Waals surface area contributed by atoms with E-state index in [1.165, 1.54) is 0 Å². The minimum absolute atomic E-state index is 0.139. The van der Waals surface area contributed by atoms with Crippen molar-refractivity contribution in [2.24, 2.45) is 0 Å². The average Bonchev–Trinajstić information content (AvgIpc) is 2.42. The van der Waals surface area contributed by atoms with Crippen LogP contribution in [0.1, 0.15) is 20.3 Å². The number of carbonyl (C=O) groups is 1. The second-order valence-corrected chi connectivity index (χ2v) is 5.55. The monoisotopic (exact) mass is 296 g/mol. The van der Waals surface area contributed by atoms with Crippen LogP contribution in [0, 0.1) is 0 Å². The van der Waals surface area contributed by atoms with Gasteiger partial charge in [-0.25, -0.2) is 0 Å². The number of aliphatic hydroxyl groups excluding tert-OH is 2. The van der Waals surface area contributed by atoms with Gasteiger partial charge in [0.15, 0.2) is 23.3 Å². The first kappa shape index (κ1) is 16.1. The molecule has 1 saturated heterocycles. The van der Waals surface area contributed by atoms with Crippen LogP contribution in [0.4, 0.5) is 0 Å².